The Morgan fingerprint density at radius 1 is 1.23 bits per heavy atom. The van der Waals surface area contributed by atoms with Gasteiger partial charge in [-0.3, -0.25) is 18.7 Å². The molecule has 0 unspecified atom stereocenters. The van der Waals surface area contributed by atoms with Gasteiger partial charge < -0.3 is 10.2 Å². The highest BCUT2D eigenvalue weighted by atomic mass is 16.2. The van der Waals surface area contributed by atoms with Crippen LogP contribution in [0.5, 0.6) is 0 Å². The van der Waals surface area contributed by atoms with E-state index in [4.69, 9.17) is 0 Å². The van der Waals surface area contributed by atoms with Gasteiger partial charge >= 0.3 is 5.69 Å². The zero-order chi connectivity index (χ0) is 15.7. The third kappa shape index (κ3) is 2.85. The number of carbonyl (C=O) groups is 1. The maximum absolute atomic E-state index is 12.5. The number of aromatic nitrogens is 2. The standard InChI is InChI=1S/C15H22N4O3/c1-17-13(20)4-7-19(15(17)22)10-14(21)18-5-2-11-8-16-9-12(11)3-6-18/h4,7,11-12,16H,2-3,5-6,8-10H2,1H3/t11-,12+. The predicted molar refractivity (Wildman–Crippen MR) is 81.6 cm³/mol. The van der Waals surface area contributed by atoms with Gasteiger partial charge in [-0.15, -0.1) is 0 Å². The number of carbonyl (C=O) groups excluding carboxylic acids is 1. The van der Waals surface area contributed by atoms with Crippen LogP contribution in [0.4, 0.5) is 0 Å². The van der Waals surface area contributed by atoms with E-state index in [1.54, 1.807) is 0 Å². The van der Waals surface area contributed by atoms with Crippen molar-refractivity contribution in [1.29, 1.82) is 0 Å². The second-order valence-corrected chi connectivity index (χ2v) is 6.26. The highest BCUT2D eigenvalue weighted by molar-refractivity contribution is 5.76. The highest BCUT2D eigenvalue weighted by Crippen LogP contribution is 2.27. The van der Waals surface area contributed by atoms with Crippen molar-refractivity contribution in [1.82, 2.24) is 19.4 Å². The van der Waals surface area contributed by atoms with Crippen molar-refractivity contribution < 1.29 is 4.79 Å². The average Bonchev–Trinajstić information content (AvgIpc) is 2.86. The van der Waals surface area contributed by atoms with Gasteiger partial charge in [-0.1, -0.05) is 0 Å². The summed E-state index contributed by atoms with van der Waals surface area (Å²) in [5.74, 6) is 1.28. The molecule has 1 amide bonds. The molecule has 2 aliphatic rings. The lowest BCUT2D eigenvalue weighted by Gasteiger charge is -2.21. The molecule has 2 aliphatic heterocycles. The smallest absolute Gasteiger partial charge is 0.331 e. The van der Waals surface area contributed by atoms with Gasteiger partial charge in [0.15, 0.2) is 0 Å². The van der Waals surface area contributed by atoms with Crippen molar-refractivity contribution in [3.8, 4) is 0 Å². The summed E-state index contributed by atoms with van der Waals surface area (Å²) in [4.78, 5) is 37.7. The number of hydrogen-bond donors (Lipinski definition) is 1. The Bertz CT molecular complexity index is 664. The summed E-state index contributed by atoms with van der Waals surface area (Å²) in [5, 5.41) is 3.41. The van der Waals surface area contributed by atoms with Gasteiger partial charge in [-0.2, -0.15) is 0 Å². The van der Waals surface area contributed by atoms with Crippen LogP contribution < -0.4 is 16.6 Å². The Morgan fingerprint density at radius 2 is 1.86 bits per heavy atom. The molecule has 3 heterocycles. The van der Waals surface area contributed by atoms with Gasteiger partial charge in [0.2, 0.25) is 5.91 Å². The number of nitrogens with zero attached hydrogens (tertiary/aromatic N) is 3. The first-order valence-corrected chi connectivity index (χ1v) is 7.81. The van der Waals surface area contributed by atoms with Crippen molar-refractivity contribution in [2.24, 2.45) is 18.9 Å². The first kappa shape index (κ1) is 15.0. The van der Waals surface area contributed by atoms with E-state index in [0.717, 1.165) is 43.6 Å². The van der Waals surface area contributed by atoms with Gasteiger partial charge in [0, 0.05) is 32.4 Å². The summed E-state index contributed by atoms with van der Waals surface area (Å²) in [6.07, 6.45) is 3.44. The Balaban J connectivity index is 1.68. The number of fused-ring (bicyclic) bond motifs is 1. The average molecular weight is 306 g/mol. The molecule has 1 aromatic heterocycles. The van der Waals surface area contributed by atoms with Crippen molar-refractivity contribution >= 4 is 5.91 Å². The molecule has 2 fully saturated rings. The van der Waals surface area contributed by atoms with Crippen molar-refractivity contribution in [3.05, 3.63) is 33.1 Å². The lowest BCUT2D eigenvalue weighted by molar-refractivity contribution is -0.131. The van der Waals surface area contributed by atoms with Crippen LogP contribution >= 0.6 is 0 Å². The maximum atomic E-state index is 12.5. The van der Waals surface area contributed by atoms with E-state index in [1.165, 1.54) is 23.9 Å². The van der Waals surface area contributed by atoms with Crippen molar-refractivity contribution in [2.45, 2.75) is 19.4 Å². The predicted octanol–water partition coefficient (Wildman–Crippen LogP) is -0.995. The fourth-order valence-electron chi connectivity index (χ4n) is 3.45. The van der Waals surface area contributed by atoms with Crippen LogP contribution in [0.25, 0.3) is 0 Å². The molecule has 2 atom stereocenters. The molecular weight excluding hydrogens is 284 g/mol. The van der Waals surface area contributed by atoms with E-state index in [-0.39, 0.29) is 18.0 Å². The molecule has 0 radical (unpaired) electrons. The van der Waals surface area contributed by atoms with Gasteiger partial charge in [0.1, 0.15) is 6.54 Å². The lowest BCUT2D eigenvalue weighted by Crippen LogP contribution is -2.42. The Kier molecular flexibility index (Phi) is 4.15. The number of amides is 1. The molecule has 120 valence electrons. The molecule has 7 nitrogen and oxygen atoms in total. The summed E-state index contributed by atoms with van der Waals surface area (Å²) < 4.78 is 2.32. The normalized spacial score (nSPS) is 24.9. The lowest BCUT2D eigenvalue weighted by atomic mass is 9.92. The summed E-state index contributed by atoms with van der Waals surface area (Å²) >= 11 is 0. The minimum absolute atomic E-state index is 0.000532. The zero-order valence-corrected chi connectivity index (χ0v) is 12.8. The quantitative estimate of drug-likeness (QED) is 0.761. The van der Waals surface area contributed by atoms with E-state index < -0.39 is 5.69 Å². The van der Waals surface area contributed by atoms with E-state index in [0.29, 0.717) is 11.8 Å². The first-order chi connectivity index (χ1) is 10.6. The fourth-order valence-corrected chi connectivity index (χ4v) is 3.45. The molecule has 0 spiro atoms. The van der Waals surface area contributed by atoms with Crippen LogP contribution in [0.1, 0.15) is 12.8 Å². The summed E-state index contributed by atoms with van der Waals surface area (Å²) in [5.41, 5.74) is -0.805. The van der Waals surface area contributed by atoms with Crippen molar-refractivity contribution in [2.75, 3.05) is 26.2 Å². The molecule has 1 aromatic rings. The fraction of sp³-hybridized carbons (Fsp3) is 0.667. The van der Waals surface area contributed by atoms with Gasteiger partial charge in [0.05, 0.1) is 0 Å². The second kappa shape index (κ2) is 6.08. The Hall–Kier alpha value is -1.89. The number of hydrogen-bond acceptors (Lipinski definition) is 4. The minimum atomic E-state index is -0.447. The summed E-state index contributed by atoms with van der Waals surface area (Å²) in [7, 11) is 1.42. The molecule has 3 rings (SSSR count). The molecule has 7 heteroatoms. The van der Waals surface area contributed by atoms with Crippen LogP contribution in [0.3, 0.4) is 0 Å². The number of rotatable bonds is 2. The second-order valence-electron chi connectivity index (χ2n) is 6.26. The number of likely N-dealkylation sites (tertiary alicyclic amines) is 1. The van der Waals surface area contributed by atoms with E-state index in [9.17, 15) is 14.4 Å². The van der Waals surface area contributed by atoms with Crippen LogP contribution in [0.2, 0.25) is 0 Å². The third-order valence-corrected chi connectivity index (χ3v) is 4.94. The van der Waals surface area contributed by atoms with Gasteiger partial charge in [-0.25, -0.2) is 4.79 Å². The summed E-state index contributed by atoms with van der Waals surface area (Å²) in [6, 6.07) is 1.31. The van der Waals surface area contributed by atoms with E-state index in [1.807, 2.05) is 4.90 Å². The SMILES string of the molecule is Cn1c(=O)ccn(CC(=O)N2CC[C@@H]3CNC[C@@H]3CC2)c1=O. The topological polar surface area (TPSA) is 76.3 Å². The van der Waals surface area contributed by atoms with E-state index >= 15 is 0 Å². The maximum Gasteiger partial charge on any atom is 0.331 e. The van der Waals surface area contributed by atoms with Gasteiger partial charge in [-0.05, 0) is 37.8 Å². The van der Waals surface area contributed by atoms with Crippen LogP contribution in [0, 0.1) is 11.8 Å². The number of nitrogens with one attached hydrogen (secondary N) is 1. The Labute approximate surface area is 128 Å². The molecule has 0 saturated carbocycles. The molecule has 0 bridgehead atoms. The highest BCUT2D eigenvalue weighted by Gasteiger charge is 2.31. The molecule has 22 heavy (non-hydrogen) atoms. The molecule has 1 N–H and O–H groups in total. The van der Waals surface area contributed by atoms with Crippen LogP contribution in [0.15, 0.2) is 21.9 Å². The van der Waals surface area contributed by atoms with E-state index in [2.05, 4.69) is 5.32 Å². The largest absolute Gasteiger partial charge is 0.341 e. The van der Waals surface area contributed by atoms with Crippen LogP contribution in [-0.4, -0.2) is 46.1 Å². The molecular formula is C15H22N4O3. The van der Waals surface area contributed by atoms with Crippen molar-refractivity contribution in [3.63, 3.8) is 0 Å². The monoisotopic (exact) mass is 306 g/mol. The molecule has 0 aromatic carbocycles. The summed E-state index contributed by atoms with van der Waals surface area (Å²) in [6.45, 7) is 3.60. The third-order valence-electron chi connectivity index (χ3n) is 4.94. The molecule has 2 saturated heterocycles. The van der Waals surface area contributed by atoms with Gasteiger partial charge in [0.25, 0.3) is 5.56 Å². The molecule has 0 aliphatic carbocycles. The van der Waals surface area contributed by atoms with Crippen LogP contribution in [-0.2, 0) is 18.4 Å². The first-order valence-electron chi connectivity index (χ1n) is 7.81. The zero-order valence-electron chi connectivity index (χ0n) is 12.8. The minimum Gasteiger partial charge on any atom is -0.341 e. The Morgan fingerprint density at radius 3 is 2.50 bits per heavy atom.